The van der Waals surface area contributed by atoms with Crippen LogP contribution in [0.1, 0.15) is 33.3 Å². The summed E-state index contributed by atoms with van der Waals surface area (Å²) in [5.74, 6) is 0. The third-order valence-electron chi connectivity index (χ3n) is 3.84. The second-order valence-corrected chi connectivity index (χ2v) is 7.60. The average Bonchev–Trinajstić information content (AvgIpc) is 2.48. The number of halogens is 2. The maximum atomic E-state index is 13.6. The van der Waals surface area contributed by atoms with Crippen molar-refractivity contribution in [2.45, 2.75) is 58.0 Å². The fourth-order valence-corrected chi connectivity index (χ4v) is 2.73. The lowest BCUT2D eigenvalue weighted by molar-refractivity contribution is -0.0908. The number of carbonyl (C=O) groups is 1. The van der Waals surface area contributed by atoms with Crippen molar-refractivity contribution in [3.05, 3.63) is 34.9 Å². The zero-order valence-corrected chi connectivity index (χ0v) is 15.3. The van der Waals surface area contributed by atoms with Crippen molar-refractivity contribution in [3.63, 3.8) is 0 Å². The molecule has 1 aliphatic heterocycles. The van der Waals surface area contributed by atoms with Gasteiger partial charge in [-0.1, -0.05) is 23.7 Å². The van der Waals surface area contributed by atoms with Crippen LogP contribution in [-0.4, -0.2) is 48.1 Å². The fourth-order valence-electron chi connectivity index (χ4n) is 2.60. The highest BCUT2D eigenvalue weighted by Gasteiger charge is 2.37. The zero-order chi connectivity index (χ0) is 17.9. The van der Waals surface area contributed by atoms with Gasteiger partial charge >= 0.3 is 6.09 Å². The second-order valence-electron chi connectivity index (χ2n) is 7.17. The van der Waals surface area contributed by atoms with Crippen molar-refractivity contribution in [2.24, 2.45) is 0 Å². The predicted molar refractivity (Wildman–Crippen MR) is 92.2 cm³/mol. The number of hydrogen-bond donors (Lipinski definition) is 0. The minimum atomic E-state index is -1.15. The Morgan fingerprint density at radius 3 is 2.58 bits per heavy atom. The minimum absolute atomic E-state index is 0.185. The maximum absolute atomic E-state index is 13.6. The molecule has 0 radical (unpaired) electrons. The molecule has 3 atom stereocenters. The number of nitrogens with zero attached hydrogens (tertiary/aromatic N) is 1. The number of rotatable bonds is 3. The number of carbonyl (C=O) groups excluding carboxylic acids is 1. The Balaban J connectivity index is 2.13. The van der Waals surface area contributed by atoms with Gasteiger partial charge in [0, 0.05) is 5.02 Å². The van der Waals surface area contributed by atoms with Crippen LogP contribution in [0, 0.1) is 0 Å². The molecule has 1 aromatic rings. The monoisotopic (exact) mass is 357 g/mol. The summed E-state index contributed by atoms with van der Waals surface area (Å²) in [5, 5.41) is 0.661. The average molecular weight is 358 g/mol. The first-order valence-electron chi connectivity index (χ1n) is 8.15. The van der Waals surface area contributed by atoms with E-state index in [4.69, 9.17) is 21.1 Å². The second kappa shape index (κ2) is 7.70. The highest BCUT2D eigenvalue weighted by molar-refractivity contribution is 6.30. The Bertz CT molecular complexity index is 556. The summed E-state index contributed by atoms with van der Waals surface area (Å²) in [6.07, 6.45) is -1.61. The summed E-state index contributed by atoms with van der Waals surface area (Å²) in [6, 6.07) is 7.25. The van der Waals surface area contributed by atoms with Gasteiger partial charge < -0.3 is 9.47 Å². The van der Waals surface area contributed by atoms with E-state index in [1.54, 1.807) is 4.90 Å². The quantitative estimate of drug-likeness (QED) is 0.812. The van der Waals surface area contributed by atoms with Gasteiger partial charge in [0.2, 0.25) is 0 Å². The molecule has 1 heterocycles. The van der Waals surface area contributed by atoms with E-state index in [1.807, 2.05) is 45.0 Å². The topological polar surface area (TPSA) is 38.8 Å². The predicted octanol–water partition coefficient (Wildman–Crippen LogP) is 4.25. The van der Waals surface area contributed by atoms with Crippen molar-refractivity contribution >= 4 is 17.7 Å². The van der Waals surface area contributed by atoms with Crippen LogP contribution >= 0.6 is 11.6 Å². The molecule has 0 aliphatic carbocycles. The fraction of sp³-hybridized carbons (Fsp3) is 0.611. The molecule has 0 spiro atoms. The van der Waals surface area contributed by atoms with E-state index in [1.165, 1.54) is 6.92 Å². The van der Waals surface area contributed by atoms with Crippen molar-refractivity contribution < 1.29 is 18.7 Å². The number of alkyl halides is 1. The molecule has 24 heavy (non-hydrogen) atoms. The van der Waals surface area contributed by atoms with E-state index in [9.17, 15) is 9.18 Å². The van der Waals surface area contributed by atoms with Gasteiger partial charge in [-0.05, 0) is 51.8 Å². The molecule has 0 bridgehead atoms. The molecule has 2 rings (SSSR count). The van der Waals surface area contributed by atoms with E-state index < -0.39 is 24.0 Å². The summed E-state index contributed by atoms with van der Waals surface area (Å²) in [4.78, 5) is 14.1. The highest BCUT2D eigenvalue weighted by Crippen LogP contribution is 2.22. The van der Waals surface area contributed by atoms with Crippen LogP contribution in [0.4, 0.5) is 9.18 Å². The molecule has 0 saturated carbocycles. The lowest BCUT2D eigenvalue weighted by Crippen LogP contribution is -2.56. The van der Waals surface area contributed by atoms with Crippen LogP contribution in [0.15, 0.2) is 24.3 Å². The molecule has 1 aromatic carbocycles. The first kappa shape index (κ1) is 19.0. The molecular weight excluding hydrogens is 333 g/mol. The molecule has 0 N–H and O–H groups in total. The standard InChI is InChI=1S/C18H25ClFNO3/c1-12(20)16-10-21(17(22)24-18(2,3)4)15(11-23-16)9-13-5-7-14(19)8-6-13/h5-8,12,15-16H,9-11H2,1-4H3/t12-,15+,16-/m1/s1. The van der Waals surface area contributed by atoms with E-state index in [0.717, 1.165) is 5.56 Å². The van der Waals surface area contributed by atoms with E-state index in [0.29, 0.717) is 11.4 Å². The molecule has 1 saturated heterocycles. The third-order valence-corrected chi connectivity index (χ3v) is 4.10. The molecule has 4 nitrogen and oxygen atoms in total. The van der Waals surface area contributed by atoms with Crippen LogP contribution in [-0.2, 0) is 15.9 Å². The van der Waals surface area contributed by atoms with Gasteiger partial charge in [-0.25, -0.2) is 9.18 Å². The van der Waals surface area contributed by atoms with Crippen LogP contribution in [0.25, 0.3) is 0 Å². The maximum Gasteiger partial charge on any atom is 0.410 e. The molecule has 6 heteroatoms. The molecule has 0 aromatic heterocycles. The zero-order valence-electron chi connectivity index (χ0n) is 14.6. The molecule has 0 unspecified atom stereocenters. The summed E-state index contributed by atoms with van der Waals surface area (Å²) >= 11 is 5.91. The van der Waals surface area contributed by atoms with Crippen molar-refractivity contribution in [3.8, 4) is 0 Å². The van der Waals surface area contributed by atoms with Gasteiger partial charge in [0.1, 0.15) is 17.9 Å². The van der Waals surface area contributed by atoms with Gasteiger partial charge in [0.15, 0.2) is 0 Å². The van der Waals surface area contributed by atoms with Crippen LogP contribution in [0.5, 0.6) is 0 Å². The lowest BCUT2D eigenvalue weighted by atomic mass is 10.0. The number of morpholine rings is 1. The Kier molecular flexibility index (Phi) is 6.10. The molecule has 134 valence electrons. The summed E-state index contributed by atoms with van der Waals surface area (Å²) in [7, 11) is 0. The Morgan fingerprint density at radius 2 is 2.04 bits per heavy atom. The third kappa shape index (κ3) is 5.35. The van der Waals surface area contributed by atoms with Crippen LogP contribution in [0.3, 0.4) is 0 Å². The van der Waals surface area contributed by atoms with Gasteiger partial charge in [-0.2, -0.15) is 0 Å². The van der Waals surface area contributed by atoms with Crippen molar-refractivity contribution in [2.75, 3.05) is 13.2 Å². The van der Waals surface area contributed by atoms with Crippen molar-refractivity contribution in [1.82, 2.24) is 4.90 Å². The largest absolute Gasteiger partial charge is 0.444 e. The molecule has 1 fully saturated rings. The van der Waals surface area contributed by atoms with E-state index in [-0.39, 0.29) is 19.2 Å². The SMILES string of the molecule is C[C@@H](F)[C@H]1CN(C(=O)OC(C)(C)C)[C@@H](Cc2ccc(Cl)cc2)CO1. The molecule has 1 aliphatic rings. The Hall–Kier alpha value is -1.33. The summed E-state index contributed by atoms with van der Waals surface area (Å²) in [6.45, 7) is 7.35. The van der Waals surface area contributed by atoms with Crippen molar-refractivity contribution in [1.29, 1.82) is 0 Å². The minimum Gasteiger partial charge on any atom is -0.444 e. The number of hydrogen-bond acceptors (Lipinski definition) is 3. The summed E-state index contributed by atoms with van der Waals surface area (Å²) in [5.41, 5.74) is 0.435. The van der Waals surface area contributed by atoms with Crippen LogP contribution in [0.2, 0.25) is 5.02 Å². The van der Waals surface area contributed by atoms with Gasteiger partial charge in [-0.3, -0.25) is 4.90 Å². The number of amides is 1. The van der Waals surface area contributed by atoms with Gasteiger partial charge in [0.25, 0.3) is 0 Å². The number of benzene rings is 1. The first-order chi connectivity index (χ1) is 11.2. The van der Waals surface area contributed by atoms with Crippen LogP contribution < -0.4 is 0 Å². The van der Waals surface area contributed by atoms with Gasteiger partial charge in [0.05, 0.1) is 19.2 Å². The lowest BCUT2D eigenvalue weighted by Gasteiger charge is -2.40. The molecule has 1 amide bonds. The van der Waals surface area contributed by atoms with E-state index in [2.05, 4.69) is 0 Å². The number of ether oxygens (including phenoxy) is 2. The molecular formula is C18H25ClFNO3. The summed E-state index contributed by atoms with van der Waals surface area (Å²) < 4.78 is 24.7. The smallest absolute Gasteiger partial charge is 0.410 e. The highest BCUT2D eigenvalue weighted by atomic mass is 35.5. The Morgan fingerprint density at radius 1 is 1.42 bits per heavy atom. The first-order valence-corrected chi connectivity index (χ1v) is 8.53. The van der Waals surface area contributed by atoms with Gasteiger partial charge in [-0.15, -0.1) is 0 Å². The van der Waals surface area contributed by atoms with E-state index >= 15 is 0 Å². The Labute approximate surface area is 147 Å². The normalized spacial score (nSPS) is 23.0.